The Morgan fingerprint density at radius 3 is 2.19 bits per heavy atom. The molecule has 0 aliphatic carbocycles. The first-order chi connectivity index (χ1) is 20.3. The number of carbonyl (C=O) groups excluding carboxylic acids is 3. The van der Waals surface area contributed by atoms with E-state index in [0.29, 0.717) is 31.1 Å². The second-order valence-electron chi connectivity index (χ2n) is 9.57. The van der Waals surface area contributed by atoms with Gasteiger partial charge in [-0.1, -0.05) is 67.3 Å². The predicted octanol–water partition coefficient (Wildman–Crippen LogP) is 5.26. The van der Waals surface area contributed by atoms with Crippen LogP contribution in [0.1, 0.15) is 47.1 Å². The Morgan fingerprint density at radius 2 is 1.65 bits per heavy atom. The largest absolute Gasteiger partial charge is 0.355 e. The summed E-state index contributed by atoms with van der Waals surface area (Å²) in [6, 6.07) is 9.78. The van der Waals surface area contributed by atoms with Crippen LogP contribution in [0.4, 0.5) is 4.39 Å². The molecule has 8 nitrogen and oxygen atoms in total. The van der Waals surface area contributed by atoms with Crippen LogP contribution in [0.25, 0.3) is 5.57 Å². The number of benzene rings is 1. The van der Waals surface area contributed by atoms with E-state index in [1.54, 1.807) is 19.2 Å². The van der Waals surface area contributed by atoms with Crippen molar-refractivity contribution in [1.82, 2.24) is 10.6 Å². The van der Waals surface area contributed by atoms with E-state index < -0.39 is 12.0 Å². The highest BCUT2D eigenvalue weighted by atomic mass is 19.1. The monoisotopic (exact) mass is 591 g/mol. The fourth-order valence-electron chi connectivity index (χ4n) is 2.95. The zero-order valence-electron chi connectivity index (χ0n) is 26.2. The van der Waals surface area contributed by atoms with E-state index >= 15 is 0 Å². The van der Waals surface area contributed by atoms with Gasteiger partial charge in [0.2, 0.25) is 5.91 Å². The van der Waals surface area contributed by atoms with E-state index in [0.717, 1.165) is 27.9 Å². The van der Waals surface area contributed by atoms with Crippen LogP contribution in [-0.2, 0) is 14.4 Å². The number of nitrogens with two attached hydrogens (primary N) is 1. The van der Waals surface area contributed by atoms with Gasteiger partial charge < -0.3 is 16.4 Å². The van der Waals surface area contributed by atoms with Crippen LogP contribution >= 0.6 is 0 Å². The Kier molecular flexibility index (Phi) is 20.0. The molecule has 0 saturated carbocycles. The molecule has 232 valence electrons. The summed E-state index contributed by atoms with van der Waals surface area (Å²) in [7, 11) is 0. The number of Topliss-reactive ketones (excluding diaryl/α,β-unsaturated/α-hetero) is 2. The Hall–Kier alpha value is -4.34. The summed E-state index contributed by atoms with van der Waals surface area (Å²) in [5.41, 5.74) is 10.8. The minimum atomic E-state index is -1.29. The Balaban J connectivity index is 0.00000265. The van der Waals surface area contributed by atoms with Gasteiger partial charge >= 0.3 is 0 Å². The summed E-state index contributed by atoms with van der Waals surface area (Å²) in [5.74, 6) is -0.621. The van der Waals surface area contributed by atoms with Gasteiger partial charge in [0.05, 0.1) is 18.0 Å². The Labute approximate surface area is 255 Å². The molecular formula is C34H46FN5O3. The summed E-state index contributed by atoms with van der Waals surface area (Å²) in [6.45, 7) is 14.7. The first-order valence-corrected chi connectivity index (χ1v) is 13.9. The van der Waals surface area contributed by atoms with E-state index in [9.17, 15) is 18.8 Å². The fraction of sp³-hybridized carbons (Fsp3) is 0.324. The van der Waals surface area contributed by atoms with Gasteiger partial charge in [0.15, 0.2) is 17.7 Å². The molecule has 0 aliphatic heterocycles. The van der Waals surface area contributed by atoms with Crippen molar-refractivity contribution >= 4 is 34.5 Å². The number of halogens is 1. The lowest BCUT2D eigenvalue weighted by molar-refractivity contribution is -0.121. The zero-order valence-corrected chi connectivity index (χ0v) is 26.2. The Bertz CT molecular complexity index is 1290. The third kappa shape index (κ3) is 17.9. The van der Waals surface area contributed by atoms with Gasteiger partial charge in [-0.05, 0) is 63.0 Å². The van der Waals surface area contributed by atoms with Crippen LogP contribution in [0.15, 0.2) is 101 Å². The van der Waals surface area contributed by atoms with E-state index in [-0.39, 0.29) is 18.2 Å². The van der Waals surface area contributed by atoms with Gasteiger partial charge in [-0.3, -0.25) is 24.8 Å². The van der Waals surface area contributed by atoms with Crippen LogP contribution in [0.5, 0.6) is 0 Å². The summed E-state index contributed by atoms with van der Waals surface area (Å²) >= 11 is 0. The van der Waals surface area contributed by atoms with Gasteiger partial charge in [0, 0.05) is 38.3 Å². The molecule has 1 amide bonds. The zero-order chi connectivity index (χ0) is 32.8. The number of nitrogens with one attached hydrogen (secondary N) is 3. The van der Waals surface area contributed by atoms with Gasteiger partial charge in [-0.15, -0.1) is 0 Å². The van der Waals surface area contributed by atoms with Crippen molar-refractivity contribution in [3.63, 3.8) is 0 Å². The molecule has 5 N–H and O–H groups in total. The van der Waals surface area contributed by atoms with Crippen LogP contribution in [-0.4, -0.2) is 61.2 Å². The summed E-state index contributed by atoms with van der Waals surface area (Å²) in [6.07, 6.45) is 11.4. The lowest BCUT2D eigenvalue weighted by atomic mass is 9.95. The molecule has 1 unspecified atom stereocenters. The topological polar surface area (TPSA) is 138 Å². The van der Waals surface area contributed by atoms with Crippen LogP contribution in [0, 0.1) is 5.41 Å². The molecule has 0 spiro atoms. The molecule has 0 saturated heterocycles. The van der Waals surface area contributed by atoms with Crippen molar-refractivity contribution in [2.75, 3.05) is 26.2 Å². The third-order valence-corrected chi connectivity index (χ3v) is 5.84. The summed E-state index contributed by atoms with van der Waals surface area (Å²) < 4.78 is 11.5. The maximum absolute atomic E-state index is 12.2. The molecule has 0 fully saturated rings. The van der Waals surface area contributed by atoms with E-state index in [4.69, 9.17) is 11.1 Å². The molecule has 43 heavy (non-hydrogen) atoms. The SMILES string of the molecule is C=C/C(=C\C=C(/C)C(=N)\C(=C/C=C(C)/C=C\N=C(C)C(=O)CNCCNC(C)=O)c1ccccc1)CN.CC(=O)C(C)F. The minimum Gasteiger partial charge on any atom is -0.355 e. The average molecular weight is 592 g/mol. The van der Waals surface area contributed by atoms with Crippen molar-refractivity contribution in [1.29, 1.82) is 5.41 Å². The lowest BCUT2D eigenvalue weighted by Crippen LogP contribution is -2.34. The van der Waals surface area contributed by atoms with Crippen LogP contribution in [0.3, 0.4) is 0 Å². The van der Waals surface area contributed by atoms with Crippen molar-refractivity contribution in [3.05, 3.63) is 102 Å². The molecule has 1 aromatic carbocycles. The maximum Gasteiger partial charge on any atom is 0.216 e. The fourth-order valence-corrected chi connectivity index (χ4v) is 2.95. The average Bonchev–Trinajstić information content (AvgIpc) is 2.97. The number of alkyl halides is 1. The summed E-state index contributed by atoms with van der Waals surface area (Å²) in [4.78, 5) is 37.0. The number of rotatable bonds is 16. The molecule has 9 heteroatoms. The smallest absolute Gasteiger partial charge is 0.216 e. The molecule has 0 heterocycles. The second kappa shape index (κ2) is 22.3. The number of carbonyl (C=O) groups is 3. The summed E-state index contributed by atoms with van der Waals surface area (Å²) in [5, 5.41) is 14.4. The van der Waals surface area contributed by atoms with Crippen molar-refractivity contribution in [2.45, 2.75) is 47.7 Å². The molecule has 1 atom stereocenters. The molecule has 0 bridgehead atoms. The first-order valence-electron chi connectivity index (χ1n) is 13.9. The predicted molar refractivity (Wildman–Crippen MR) is 177 cm³/mol. The highest BCUT2D eigenvalue weighted by Crippen LogP contribution is 2.20. The van der Waals surface area contributed by atoms with E-state index in [1.807, 2.05) is 74.6 Å². The number of nitrogens with zero attached hydrogens (tertiary/aromatic N) is 1. The highest BCUT2D eigenvalue weighted by molar-refractivity contribution is 6.39. The van der Waals surface area contributed by atoms with Gasteiger partial charge in [0.1, 0.15) is 0 Å². The maximum atomic E-state index is 12.2. The van der Waals surface area contributed by atoms with Crippen molar-refractivity contribution < 1.29 is 18.8 Å². The third-order valence-electron chi connectivity index (χ3n) is 5.84. The molecule has 0 radical (unpaired) electrons. The number of hydrogen-bond acceptors (Lipinski definition) is 7. The van der Waals surface area contributed by atoms with E-state index in [1.165, 1.54) is 20.8 Å². The standard InChI is InChI=1S/C30H39N5O2.C4H7FO/c1-6-26(20-31)14-13-23(3)30(32)28(27-10-8-7-9-11-27)15-12-22(2)16-17-34-24(4)29(37)21-33-18-19-35-25(5)36;1-3(5)4(2)6/h6-17,32-33H,1,18-21,31H2,2-5H3,(H,35,36);3H,1-2H3/b17-16-,22-12+,23-13+,26-14+,28-15-,32-30?,34-24?;. The quantitative estimate of drug-likeness (QED) is 0.118. The number of allylic oxidation sites excluding steroid dienone is 8. The molecule has 1 aromatic rings. The van der Waals surface area contributed by atoms with Gasteiger partial charge in [0.25, 0.3) is 0 Å². The molecular weight excluding hydrogens is 545 g/mol. The number of aliphatic imine (C=N–C) groups is 1. The molecule has 1 rings (SSSR count). The minimum absolute atomic E-state index is 0.102. The van der Waals surface area contributed by atoms with Crippen LogP contribution < -0.4 is 16.4 Å². The van der Waals surface area contributed by atoms with Crippen LogP contribution in [0.2, 0.25) is 0 Å². The van der Waals surface area contributed by atoms with Gasteiger partial charge in [-0.2, -0.15) is 0 Å². The first kappa shape index (κ1) is 38.7. The highest BCUT2D eigenvalue weighted by Gasteiger charge is 2.09. The molecule has 0 aromatic heterocycles. The Morgan fingerprint density at radius 1 is 1.02 bits per heavy atom. The number of hydrogen-bond donors (Lipinski definition) is 4. The van der Waals surface area contributed by atoms with Crippen molar-refractivity contribution in [3.8, 4) is 0 Å². The van der Waals surface area contributed by atoms with E-state index in [2.05, 4.69) is 22.2 Å². The number of amides is 1. The second-order valence-corrected chi connectivity index (χ2v) is 9.57. The van der Waals surface area contributed by atoms with Crippen molar-refractivity contribution in [2.24, 2.45) is 10.7 Å². The normalized spacial score (nSPS) is 13.6. The molecule has 0 aliphatic rings. The lowest BCUT2D eigenvalue weighted by Gasteiger charge is -2.10. The van der Waals surface area contributed by atoms with Gasteiger partial charge in [-0.25, -0.2) is 4.39 Å². The number of ketones is 2.